The van der Waals surface area contributed by atoms with Crippen LogP contribution in [0.2, 0.25) is 0 Å². The second-order valence-corrected chi connectivity index (χ2v) is 4.77. The van der Waals surface area contributed by atoms with Gasteiger partial charge in [0, 0.05) is 24.8 Å². The molecule has 0 amide bonds. The molecule has 2 rings (SSSR count). The van der Waals surface area contributed by atoms with Crippen molar-refractivity contribution in [3.63, 3.8) is 0 Å². The summed E-state index contributed by atoms with van der Waals surface area (Å²) in [5, 5.41) is 0. The molecule has 0 aromatic heterocycles. The first-order chi connectivity index (χ1) is 7.76. The fourth-order valence-corrected chi connectivity index (χ4v) is 2.47. The van der Waals surface area contributed by atoms with Crippen LogP contribution in [0, 0.1) is 12.8 Å². The third kappa shape index (κ3) is 2.38. The molecule has 0 spiro atoms. The fourth-order valence-electron chi connectivity index (χ4n) is 2.47. The van der Waals surface area contributed by atoms with E-state index in [0.29, 0.717) is 6.04 Å². The fraction of sp³-hybridized carbons (Fsp3) is 0.571. The predicted molar refractivity (Wildman–Crippen MR) is 69.8 cm³/mol. The molecule has 1 fully saturated rings. The molecule has 1 aliphatic carbocycles. The van der Waals surface area contributed by atoms with Crippen molar-refractivity contribution in [2.75, 3.05) is 18.0 Å². The summed E-state index contributed by atoms with van der Waals surface area (Å²) < 4.78 is 0. The number of rotatable bonds is 5. The maximum absolute atomic E-state index is 5.92. The van der Waals surface area contributed by atoms with Crippen LogP contribution in [0.1, 0.15) is 25.3 Å². The molecule has 1 aromatic rings. The van der Waals surface area contributed by atoms with Crippen molar-refractivity contribution in [1.82, 2.24) is 0 Å². The summed E-state index contributed by atoms with van der Waals surface area (Å²) in [4.78, 5) is 2.46. The molecule has 0 heterocycles. The van der Waals surface area contributed by atoms with Crippen molar-refractivity contribution in [2.24, 2.45) is 11.7 Å². The second kappa shape index (κ2) is 4.88. The Morgan fingerprint density at radius 3 is 2.69 bits per heavy atom. The lowest BCUT2D eigenvalue weighted by atomic mass is 10.1. The van der Waals surface area contributed by atoms with Crippen molar-refractivity contribution in [3.05, 3.63) is 29.8 Å². The summed E-state index contributed by atoms with van der Waals surface area (Å²) in [6.07, 6.45) is 2.70. The van der Waals surface area contributed by atoms with Crippen molar-refractivity contribution < 1.29 is 0 Å². The molecular weight excluding hydrogens is 196 g/mol. The Morgan fingerprint density at radius 1 is 1.44 bits per heavy atom. The summed E-state index contributed by atoms with van der Waals surface area (Å²) >= 11 is 0. The van der Waals surface area contributed by atoms with E-state index in [1.807, 2.05) is 0 Å². The average Bonchev–Trinajstić information content (AvgIpc) is 3.09. The van der Waals surface area contributed by atoms with Gasteiger partial charge in [0.05, 0.1) is 0 Å². The first kappa shape index (κ1) is 11.5. The number of hydrogen-bond acceptors (Lipinski definition) is 2. The smallest absolute Gasteiger partial charge is 0.0440 e. The van der Waals surface area contributed by atoms with Gasteiger partial charge in [-0.3, -0.25) is 0 Å². The molecule has 1 saturated carbocycles. The van der Waals surface area contributed by atoms with Crippen LogP contribution in [0.25, 0.3) is 0 Å². The van der Waals surface area contributed by atoms with E-state index in [1.54, 1.807) is 0 Å². The number of hydrogen-bond donors (Lipinski definition) is 1. The van der Waals surface area contributed by atoms with E-state index in [1.165, 1.54) is 24.1 Å². The van der Waals surface area contributed by atoms with E-state index >= 15 is 0 Å². The first-order valence-corrected chi connectivity index (χ1v) is 6.29. The maximum atomic E-state index is 5.92. The van der Waals surface area contributed by atoms with Gasteiger partial charge in [0.25, 0.3) is 0 Å². The highest BCUT2D eigenvalue weighted by atomic mass is 15.2. The van der Waals surface area contributed by atoms with Crippen LogP contribution in [-0.2, 0) is 0 Å². The van der Waals surface area contributed by atoms with Gasteiger partial charge >= 0.3 is 0 Å². The molecule has 2 nitrogen and oxygen atoms in total. The van der Waals surface area contributed by atoms with E-state index in [-0.39, 0.29) is 0 Å². The van der Waals surface area contributed by atoms with Gasteiger partial charge in [-0.15, -0.1) is 0 Å². The maximum Gasteiger partial charge on any atom is 0.0440 e. The number of benzene rings is 1. The lowest BCUT2D eigenvalue weighted by molar-refractivity contribution is 0.548. The molecule has 1 aliphatic rings. The lowest BCUT2D eigenvalue weighted by Gasteiger charge is -2.32. The Balaban J connectivity index is 2.20. The van der Waals surface area contributed by atoms with Gasteiger partial charge in [0.2, 0.25) is 0 Å². The third-order valence-electron chi connectivity index (χ3n) is 3.48. The van der Waals surface area contributed by atoms with E-state index < -0.39 is 0 Å². The highest BCUT2D eigenvalue weighted by Gasteiger charge is 2.33. The molecule has 1 atom stereocenters. The Morgan fingerprint density at radius 2 is 2.19 bits per heavy atom. The molecule has 0 aliphatic heterocycles. The van der Waals surface area contributed by atoms with Gasteiger partial charge in [-0.05, 0) is 50.3 Å². The standard InChI is InChI=1S/C14H22N2/c1-3-16(14(10-15)12-7-8-12)13-6-4-5-11(2)9-13/h4-6,9,12,14H,3,7-8,10,15H2,1-2H3. The van der Waals surface area contributed by atoms with Crippen LogP contribution in [0.4, 0.5) is 5.69 Å². The summed E-state index contributed by atoms with van der Waals surface area (Å²) in [6.45, 7) is 6.17. The van der Waals surface area contributed by atoms with Crippen molar-refractivity contribution in [2.45, 2.75) is 32.7 Å². The van der Waals surface area contributed by atoms with Gasteiger partial charge in [0.1, 0.15) is 0 Å². The Hall–Kier alpha value is -1.02. The van der Waals surface area contributed by atoms with E-state index in [2.05, 4.69) is 43.0 Å². The second-order valence-electron chi connectivity index (χ2n) is 4.77. The highest BCUT2D eigenvalue weighted by Crippen LogP contribution is 2.36. The minimum atomic E-state index is 0.534. The van der Waals surface area contributed by atoms with Gasteiger partial charge in [-0.1, -0.05) is 12.1 Å². The summed E-state index contributed by atoms with van der Waals surface area (Å²) in [7, 11) is 0. The largest absolute Gasteiger partial charge is 0.367 e. The van der Waals surface area contributed by atoms with Crippen LogP contribution in [0.15, 0.2) is 24.3 Å². The predicted octanol–water partition coefficient (Wildman–Crippen LogP) is 2.56. The normalized spacial score (nSPS) is 17.2. The number of nitrogens with zero attached hydrogens (tertiary/aromatic N) is 1. The van der Waals surface area contributed by atoms with Crippen LogP contribution in [0.3, 0.4) is 0 Å². The summed E-state index contributed by atoms with van der Waals surface area (Å²) in [5.74, 6) is 0.825. The Kier molecular flexibility index (Phi) is 3.49. The summed E-state index contributed by atoms with van der Waals surface area (Å²) in [5.41, 5.74) is 8.57. The molecule has 0 radical (unpaired) electrons. The molecule has 1 aromatic carbocycles. The van der Waals surface area contributed by atoms with Crippen molar-refractivity contribution in [3.8, 4) is 0 Å². The number of nitrogens with two attached hydrogens (primary N) is 1. The topological polar surface area (TPSA) is 29.3 Å². The minimum absolute atomic E-state index is 0.534. The van der Waals surface area contributed by atoms with Crippen molar-refractivity contribution in [1.29, 1.82) is 0 Å². The zero-order valence-corrected chi connectivity index (χ0v) is 10.3. The molecule has 16 heavy (non-hydrogen) atoms. The number of likely N-dealkylation sites (N-methyl/N-ethyl adjacent to an activating group) is 1. The van der Waals surface area contributed by atoms with E-state index in [4.69, 9.17) is 5.73 Å². The molecule has 2 heteroatoms. The van der Waals surface area contributed by atoms with E-state index in [9.17, 15) is 0 Å². The van der Waals surface area contributed by atoms with Crippen LogP contribution in [-0.4, -0.2) is 19.1 Å². The molecule has 1 unspecified atom stereocenters. The molecular formula is C14H22N2. The van der Waals surface area contributed by atoms with E-state index in [0.717, 1.165) is 19.0 Å². The van der Waals surface area contributed by atoms with Crippen molar-refractivity contribution >= 4 is 5.69 Å². The zero-order valence-electron chi connectivity index (χ0n) is 10.3. The average molecular weight is 218 g/mol. The van der Waals surface area contributed by atoms with Crippen LogP contribution in [0.5, 0.6) is 0 Å². The van der Waals surface area contributed by atoms with Crippen LogP contribution >= 0.6 is 0 Å². The quantitative estimate of drug-likeness (QED) is 0.823. The number of anilines is 1. The van der Waals surface area contributed by atoms with Crippen LogP contribution < -0.4 is 10.6 Å². The number of aryl methyl sites for hydroxylation is 1. The lowest BCUT2D eigenvalue weighted by Crippen LogP contribution is -2.42. The zero-order chi connectivity index (χ0) is 11.5. The molecule has 0 saturated heterocycles. The Bertz CT molecular complexity index is 344. The molecule has 2 N–H and O–H groups in total. The van der Waals surface area contributed by atoms with Gasteiger partial charge in [0.15, 0.2) is 0 Å². The van der Waals surface area contributed by atoms with Gasteiger partial charge < -0.3 is 10.6 Å². The van der Waals surface area contributed by atoms with Gasteiger partial charge in [-0.25, -0.2) is 0 Å². The third-order valence-corrected chi connectivity index (χ3v) is 3.48. The monoisotopic (exact) mass is 218 g/mol. The van der Waals surface area contributed by atoms with Gasteiger partial charge in [-0.2, -0.15) is 0 Å². The Labute approximate surface area is 98.4 Å². The summed E-state index contributed by atoms with van der Waals surface area (Å²) in [6, 6.07) is 9.27. The minimum Gasteiger partial charge on any atom is -0.367 e. The SMILES string of the molecule is CCN(c1cccc(C)c1)C(CN)C1CC1. The first-order valence-electron chi connectivity index (χ1n) is 6.29. The molecule has 88 valence electrons. The molecule has 0 bridgehead atoms. The highest BCUT2D eigenvalue weighted by molar-refractivity contribution is 5.49.